The molecule has 1 N–H and O–H groups in total. The number of hydrogen-bond acceptors (Lipinski definition) is 3. The fraction of sp³-hybridized carbons (Fsp3) is 0.273. The first-order valence-corrected chi connectivity index (χ1v) is 4.56. The summed E-state index contributed by atoms with van der Waals surface area (Å²) >= 11 is 0. The summed E-state index contributed by atoms with van der Waals surface area (Å²) in [6.07, 6.45) is 5.19. The SMILES string of the molecule is C#CC(C)NCc1cccc([N+](=O)[O-])c1. The van der Waals surface area contributed by atoms with E-state index < -0.39 is 4.92 Å². The molecule has 0 radical (unpaired) electrons. The average Bonchev–Trinajstić information content (AvgIpc) is 2.26. The maximum absolute atomic E-state index is 10.5. The molecule has 0 aliphatic rings. The number of benzene rings is 1. The van der Waals surface area contributed by atoms with Crippen LogP contribution in [0, 0.1) is 22.5 Å². The number of nitro groups is 1. The van der Waals surface area contributed by atoms with Gasteiger partial charge in [-0.25, -0.2) is 0 Å². The van der Waals surface area contributed by atoms with Crippen LogP contribution >= 0.6 is 0 Å². The van der Waals surface area contributed by atoms with Gasteiger partial charge in [-0.3, -0.25) is 15.4 Å². The van der Waals surface area contributed by atoms with Crippen molar-refractivity contribution in [3.63, 3.8) is 0 Å². The van der Waals surface area contributed by atoms with Gasteiger partial charge in [0.25, 0.3) is 5.69 Å². The molecule has 0 heterocycles. The Balaban J connectivity index is 2.67. The average molecular weight is 204 g/mol. The number of rotatable bonds is 4. The van der Waals surface area contributed by atoms with Gasteiger partial charge >= 0.3 is 0 Å². The number of nitrogens with zero attached hydrogens (tertiary/aromatic N) is 1. The lowest BCUT2D eigenvalue weighted by molar-refractivity contribution is -0.384. The second-order valence-corrected chi connectivity index (χ2v) is 3.20. The van der Waals surface area contributed by atoms with Crippen LogP contribution in [0.5, 0.6) is 0 Å². The molecule has 4 heteroatoms. The van der Waals surface area contributed by atoms with Gasteiger partial charge in [-0.1, -0.05) is 18.1 Å². The van der Waals surface area contributed by atoms with Crippen LogP contribution in [0.2, 0.25) is 0 Å². The van der Waals surface area contributed by atoms with Crippen molar-refractivity contribution in [1.29, 1.82) is 0 Å². The normalized spacial score (nSPS) is 11.7. The number of nitrogens with one attached hydrogen (secondary N) is 1. The Labute approximate surface area is 88.5 Å². The molecule has 0 saturated carbocycles. The molecular weight excluding hydrogens is 192 g/mol. The van der Waals surface area contributed by atoms with E-state index in [2.05, 4.69) is 11.2 Å². The Bertz CT molecular complexity index is 396. The van der Waals surface area contributed by atoms with Gasteiger partial charge in [-0.15, -0.1) is 6.42 Å². The molecule has 78 valence electrons. The van der Waals surface area contributed by atoms with E-state index in [1.807, 2.05) is 13.0 Å². The summed E-state index contributed by atoms with van der Waals surface area (Å²) in [4.78, 5) is 10.1. The van der Waals surface area contributed by atoms with E-state index in [9.17, 15) is 10.1 Å². The summed E-state index contributed by atoms with van der Waals surface area (Å²) < 4.78 is 0. The van der Waals surface area contributed by atoms with Gasteiger partial charge in [0.1, 0.15) is 0 Å². The van der Waals surface area contributed by atoms with Gasteiger partial charge in [0.2, 0.25) is 0 Å². The Kier molecular flexibility index (Phi) is 3.83. The molecule has 0 saturated heterocycles. The third-order valence-electron chi connectivity index (χ3n) is 1.98. The predicted octanol–water partition coefficient (Wildman–Crippen LogP) is 1.71. The van der Waals surface area contributed by atoms with Crippen LogP contribution in [-0.4, -0.2) is 11.0 Å². The topological polar surface area (TPSA) is 55.2 Å². The molecule has 4 nitrogen and oxygen atoms in total. The Morgan fingerprint density at radius 1 is 1.67 bits per heavy atom. The maximum Gasteiger partial charge on any atom is 0.269 e. The second-order valence-electron chi connectivity index (χ2n) is 3.20. The molecule has 1 rings (SSSR count). The highest BCUT2D eigenvalue weighted by atomic mass is 16.6. The van der Waals surface area contributed by atoms with Crippen molar-refractivity contribution in [2.24, 2.45) is 0 Å². The zero-order valence-electron chi connectivity index (χ0n) is 8.43. The lowest BCUT2D eigenvalue weighted by Gasteiger charge is -2.06. The second kappa shape index (κ2) is 5.13. The summed E-state index contributed by atoms with van der Waals surface area (Å²) in [5.41, 5.74) is 0.953. The minimum Gasteiger partial charge on any atom is -0.300 e. The highest BCUT2D eigenvalue weighted by molar-refractivity contribution is 5.34. The molecule has 0 amide bonds. The fourth-order valence-electron chi connectivity index (χ4n) is 1.11. The van der Waals surface area contributed by atoms with E-state index in [1.54, 1.807) is 6.07 Å². The summed E-state index contributed by atoms with van der Waals surface area (Å²) in [6.45, 7) is 2.39. The monoisotopic (exact) mass is 204 g/mol. The molecule has 0 aliphatic heterocycles. The van der Waals surface area contributed by atoms with Gasteiger partial charge in [-0.2, -0.15) is 0 Å². The zero-order chi connectivity index (χ0) is 11.3. The van der Waals surface area contributed by atoms with Crippen molar-refractivity contribution in [2.45, 2.75) is 19.5 Å². The van der Waals surface area contributed by atoms with Crippen molar-refractivity contribution in [2.75, 3.05) is 0 Å². The highest BCUT2D eigenvalue weighted by Crippen LogP contribution is 2.12. The molecule has 1 unspecified atom stereocenters. The first-order valence-electron chi connectivity index (χ1n) is 4.56. The molecule has 0 bridgehead atoms. The van der Waals surface area contributed by atoms with E-state index in [0.29, 0.717) is 6.54 Å². The van der Waals surface area contributed by atoms with Crippen LogP contribution < -0.4 is 5.32 Å². The summed E-state index contributed by atoms with van der Waals surface area (Å²) in [5.74, 6) is 2.53. The van der Waals surface area contributed by atoms with Crippen molar-refractivity contribution in [1.82, 2.24) is 5.32 Å². The van der Waals surface area contributed by atoms with E-state index in [-0.39, 0.29) is 11.7 Å². The lowest BCUT2D eigenvalue weighted by Crippen LogP contribution is -2.23. The summed E-state index contributed by atoms with van der Waals surface area (Å²) in [7, 11) is 0. The molecule has 1 atom stereocenters. The largest absolute Gasteiger partial charge is 0.300 e. The number of non-ortho nitro benzene ring substituents is 1. The van der Waals surface area contributed by atoms with Crippen molar-refractivity contribution < 1.29 is 4.92 Å². The highest BCUT2D eigenvalue weighted by Gasteiger charge is 2.05. The van der Waals surface area contributed by atoms with E-state index in [1.165, 1.54) is 12.1 Å². The third-order valence-corrected chi connectivity index (χ3v) is 1.98. The Morgan fingerprint density at radius 2 is 2.40 bits per heavy atom. The summed E-state index contributed by atoms with van der Waals surface area (Å²) in [5, 5.41) is 13.6. The number of terminal acetylenes is 1. The van der Waals surface area contributed by atoms with Crippen LogP contribution in [-0.2, 0) is 6.54 Å². The standard InChI is InChI=1S/C11H12N2O2/c1-3-9(2)12-8-10-5-4-6-11(7-10)13(14)15/h1,4-7,9,12H,8H2,2H3. The molecule has 1 aromatic rings. The third kappa shape index (κ3) is 3.41. The number of nitro benzene ring substituents is 1. The van der Waals surface area contributed by atoms with Gasteiger partial charge < -0.3 is 0 Å². The van der Waals surface area contributed by atoms with Gasteiger partial charge in [-0.05, 0) is 12.5 Å². The van der Waals surface area contributed by atoms with Crippen LogP contribution in [0.4, 0.5) is 5.69 Å². The molecule has 15 heavy (non-hydrogen) atoms. The fourth-order valence-corrected chi connectivity index (χ4v) is 1.11. The van der Waals surface area contributed by atoms with Gasteiger partial charge in [0, 0.05) is 18.7 Å². The van der Waals surface area contributed by atoms with Crippen molar-refractivity contribution in [3.05, 3.63) is 39.9 Å². The van der Waals surface area contributed by atoms with E-state index in [0.717, 1.165) is 5.56 Å². The van der Waals surface area contributed by atoms with E-state index >= 15 is 0 Å². The predicted molar refractivity (Wildman–Crippen MR) is 58.2 cm³/mol. The quantitative estimate of drug-likeness (QED) is 0.461. The summed E-state index contributed by atoms with van der Waals surface area (Å²) in [6, 6.07) is 6.45. The van der Waals surface area contributed by atoms with Crippen LogP contribution in [0.1, 0.15) is 12.5 Å². The van der Waals surface area contributed by atoms with Gasteiger partial charge in [0.05, 0.1) is 11.0 Å². The lowest BCUT2D eigenvalue weighted by atomic mass is 10.2. The Hall–Kier alpha value is -1.86. The maximum atomic E-state index is 10.5. The molecular formula is C11H12N2O2. The van der Waals surface area contributed by atoms with Gasteiger partial charge in [0.15, 0.2) is 0 Å². The molecule has 0 aromatic heterocycles. The molecule has 0 aliphatic carbocycles. The minimum absolute atomic E-state index is 0.0377. The number of hydrogen-bond donors (Lipinski definition) is 1. The first kappa shape index (κ1) is 11.2. The van der Waals surface area contributed by atoms with Crippen LogP contribution in [0.25, 0.3) is 0 Å². The van der Waals surface area contributed by atoms with E-state index in [4.69, 9.17) is 6.42 Å². The molecule has 0 fully saturated rings. The zero-order valence-corrected chi connectivity index (χ0v) is 8.43. The van der Waals surface area contributed by atoms with Crippen molar-refractivity contribution in [3.8, 4) is 12.3 Å². The smallest absolute Gasteiger partial charge is 0.269 e. The molecule has 1 aromatic carbocycles. The Morgan fingerprint density at radius 3 is 3.00 bits per heavy atom. The van der Waals surface area contributed by atoms with Crippen LogP contribution in [0.3, 0.4) is 0 Å². The minimum atomic E-state index is -0.409. The first-order chi connectivity index (χ1) is 7.13. The van der Waals surface area contributed by atoms with Crippen molar-refractivity contribution >= 4 is 5.69 Å². The molecule has 0 spiro atoms. The van der Waals surface area contributed by atoms with Crippen LogP contribution in [0.15, 0.2) is 24.3 Å².